The number of ether oxygens (including phenoxy) is 2. The number of carbonyl (C=O) groups is 1. The molecule has 0 unspecified atom stereocenters. The van der Waals surface area contributed by atoms with E-state index in [1.807, 2.05) is 12.1 Å². The molecule has 0 radical (unpaired) electrons. The van der Waals surface area contributed by atoms with E-state index in [2.05, 4.69) is 0 Å². The highest BCUT2D eigenvalue weighted by atomic mass is 19.1. The van der Waals surface area contributed by atoms with Crippen molar-refractivity contribution in [3.63, 3.8) is 0 Å². The van der Waals surface area contributed by atoms with Gasteiger partial charge in [-0.1, -0.05) is 0 Å². The minimum absolute atomic E-state index is 0.182. The van der Waals surface area contributed by atoms with E-state index in [0.29, 0.717) is 22.8 Å². The summed E-state index contributed by atoms with van der Waals surface area (Å²) < 4.78 is 23.8. The molecule has 4 nitrogen and oxygen atoms in total. The van der Waals surface area contributed by atoms with Crippen molar-refractivity contribution in [2.75, 3.05) is 25.7 Å². The molecule has 23 heavy (non-hydrogen) atoms. The lowest BCUT2D eigenvalue weighted by atomic mass is 10.1. The molecule has 0 saturated carbocycles. The number of hydrogen-bond donors (Lipinski definition) is 0. The Kier molecular flexibility index (Phi) is 4.02. The van der Waals surface area contributed by atoms with E-state index in [9.17, 15) is 9.18 Å². The second-order valence-electron chi connectivity index (χ2n) is 5.20. The van der Waals surface area contributed by atoms with Crippen LogP contribution in [0.5, 0.6) is 11.5 Å². The first-order chi connectivity index (χ1) is 11.1. The van der Waals surface area contributed by atoms with Crippen molar-refractivity contribution in [1.82, 2.24) is 0 Å². The summed E-state index contributed by atoms with van der Waals surface area (Å²) in [7, 11) is 3.24. The molecule has 0 bridgehead atoms. The molecule has 1 aliphatic heterocycles. The molecule has 2 aromatic carbocycles. The number of methoxy groups -OCH3 is 1. The largest absolute Gasteiger partial charge is 0.497 e. The minimum atomic E-state index is -0.335. The maximum atomic E-state index is 13.0. The number of rotatable bonds is 3. The Bertz CT molecular complexity index is 768. The molecule has 3 rings (SSSR count). The van der Waals surface area contributed by atoms with E-state index < -0.39 is 0 Å². The lowest BCUT2D eigenvalue weighted by Crippen LogP contribution is -2.30. The first-order valence-corrected chi connectivity index (χ1v) is 7.13. The summed E-state index contributed by atoms with van der Waals surface area (Å²) >= 11 is 0. The molecular formula is C18H16FNO3. The summed E-state index contributed by atoms with van der Waals surface area (Å²) in [6.45, 7) is 0.185. The fraction of sp³-hybridized carbons (Fsp3) is 0.167. The number of carbonyl (C=O) groups excluding carboxylic acids is 1. The molecule has 0 saturated heterocycles. The lowest BCUT2D eigenvalue weighted by Gasteiger charge is -2.23. The molecule has 2 aromatic rings. The van der Waals surface area contributed by atoms with E-state index >= 15 is 0 Å². The zero-order chi connectivity index (χ0) is 16.4. The van der Waals surface area contributed by atoms with Gasteiger partial charge in [0.25, 0.3) is 5.91 Å². The van der Waals surface area contributed by atoms with Crippen LogP contribution in [0.4, 0.5) is 10.1 Å². The Morgan fingerprint density at radius 3 is 2.65 bits per heavy atom. The van der Waals surface area contributed by atoms with Gasteiger partial charge in [-0.2, -0.15) is 0 Å². The maximum absolute atomic E-state index is 13.0. The van der Waals surface area contributed by atoms with Gasteiger partial charge >= 0.3 is 0 Å². The number of fused-ring (bicyclic) bond motifs is 1. The molecule has 0 N–H and O–H groups in total. The predicted octanol–water partition coefficient (Wildman–Crippen LogP) is 3.27. The molecule has 1 aliphatic rings. The molecule has 0 fully saturated rings. The molecule has 0 spiro atoms. The third-order valence-corrected chi connectivity index (χ3v) is 3.73. The fourth-order valence-electron chi connectivity index (χ4n) is 2.39. The van der Waals surface area contributed by atoms with Crippen molar-refractivity contribution in [1.29, 1.82) is 0 Å². The molecule has 1 heterocycles. The van der Waals surface area contributed by atoms with Gasteiger partial charge in [-0.15, -0.1) is 0 Å². The predicted molar refractivity (Wildman–Crippen MR) is 86.3 cm³/mol. The Morgan fingerprint density at radius 1 is 1.22 bits per heavy atom. The number of nitrogens with zero attached hydrogens (tertiary/aromatic N) is 1. The van der Waals surface area contributed by atoms with Crippen LogP contribution in [0, 0.1) is 5.82 Å². The number of likely N-dealkylation sites (N-methyl/N-ethyl adjacent to an activating group) is 1. The summed E-state index contributed by atoms with van der Waals surface area (Å²) in [6.07, 6.45) is 1.81. The van der Waals surface area contributed by atoms with Gasteiger partial charge in [0.15, 0.2) is 0 Å². The van der Waals surface area contributed by atoms with Crippen LogP contribution in [0.15, 0.2) is 48.0 Å². The first-order valence-electron chi connectivity index (χ1n) is 7.13. The Balaban J connectivity index is 1.84. The lowest BCUT2D eigenvalue weighted by molar-refractivity contribution is -0.115. The number of hydrogen-bond acceptors (Lipinski definition) is 3. The van der Waals surface area contributed by atoms with Gasteiger partial charge < -0.3 is 14.4 Å². The van der Waals surface area contributed by atoms with Gasteiger partial charge in [-0.05, 0) is 42.5 Å². The van der Waals surface area contributed by atoms with E-state index in [1.54, 1.807) is 38.4 Å². The van der Waals surface area contributed by atoms with Crippen LogP contribution in [0.3, 0.4) is 0 Å². The van der Waals surface area contributed by atoms with Gasteiger partial charge in [0.05, 0.1) is 12.7 Å². The standard InChI is InChI=1S/C18H16FNO3/c1-20(15-6-4-14(19)5-7-15)18(21)13-9-12-3-8-16(22-2)10-17(12)23-11-13/h3-10H,11H2,1-2H3. The van der Waals surface area contributed by atoms with Gasteiger partial charge in [0, 0.05) is 24.4 Å². The van der Waals surface area contributed by atoms with Crippen LogP contribution in [-0.4, -0.2) is 26.7 Å². The van der Waals surface area contributed by atoms with Crippen molar-refractivity contribution < 1.29 is 18.7 Å². The van der Waals surface area contributed by atoms with Gasteiger partial charge in [0.2, 0.25) is 0 Å². The highest BCUT2D eigenvalue weighted by molar-refractivity contribution is 6.08. The third kappa shape index (κ3) is 3.04. The summed E-state index contributed by atoms with van der Waals surface area (Å²) in [6, 6.07) is 11.2. The molecule has 0 aromatic heterocycles. The van der Waals surface area contributed by atoms with Crippen LogP contribution in [0.25, 0.3) is 6.08 Å². The van der Waals surface area contributed by atoms with Crippen LogP contribution < -0.4 is 14.4 Å². The second kappa shape index (κ2) is 6.12. The summed E-state index contributed by atoms with van der Waals surface area (Å²) in [5.41, 5.74) is 1.99. The van der Waals surface area contributed by atoms with Gasteiger partial charge in [0.1, 0.15) is 23.9 Å². The monoisotopic (exact) mass is 313 g/mol. The molecule has 118 valence electrons. The average Bonchev–Trinajstić information content (AvgIpc) is 2.60. The highest BCUT2D eigenvalue weighted by Crippen LogP contribution is 2.31. The number of benzene rings is 2. The zero-order valence-electron chi connectivity index (χ0n) is 12.9. The van der Waals surface area contributed by atoms with E-state index in [4.69, 9.17) is 9.47 Å². The van der Waals surface area contributed by atoms with E-state index in [0.717, 1.165) is 5.56 Å². The summed E-state index contributed by atoms with van der Waals surface area (Å²) in [4.78, 5) is 14.1. The number of anilines is 1. The van der Waals surface area contributed by atoms with Crippen molar-refractivity contribution >= 4 is 17.7 Å². The summed E-state index contributed by atoms with van der Waals surface area (Å²) in [5, 5.41) is 0. The zero-order valence-corrected chi connectivity index (χ0v) is 12.9. The highest BCUT2D eigenvalue weighted by Gasteiger charge is 2.21. The van der Waals surface area contributed by atoms with Crippen LogP contribution in [0.2, 0.25) is 0 Å². The minimum Gasteiger partial charge on any atom is -0.497 e. The average molecular weight is 313 g/mol. The van der Waals surface area contributed by atoms with Crippen molar-refractivity contribution in [2.45, 2.75) is 0 Å². The summed E-state index contributed by atoms with van der Waals surface area (Å²) in [5.74, 6) is 0.872. The Hall–Kier alpha value is -2.82. The maximum Gasteiger partial charge on any atom is 0.257 e. The fourth-order valence-corrected chi connectivity index (χ4v) is 2.39. The van der Waals surface area contributed by atoms with Gasteiger partial charge in [-0.3, -0.25) is 4.79 Å². The van der Waals surface area contributed by atoms with E-state index in [1.165, 1.54) is 17.0 Å². The van der Waals surface area contributed by atoms with Crippen LogP contribution >= 0.6 is 0 Å². The van der Waals surface area contributed by atoms with Crippen molar-refractivity contribution in [2.24, 2.45) is 0 Å². The topological polar surface area (TPSA) is 38.8 Å². The normalized spacial score (nSPS) is 12.7. The Morgan fingerprint density at radius 2 is 1.96 bits per heavy atom. The van der Waals surface area contributed by atoms with Crippen molar-refractivity contribution in [3.05, 3.63) is 59.4 Å². The third-order valence-electron chi connectivity index (χ3n) is 3.73. The van der Waals surface area contributed by atoms with Gasteiger partial charge in [-0.25, -0.2) is 4.39 Å². The molecule has 0 atom stereocenters. The quantitative estimate of drug-likeness (QED) is 0.873. The number of amides is 1. The molecule has 5 heteroatoms. The van der Waals surface area contributed by atoms with Crippen LogP contribution in [0.1, 0.15) is 5.56 Å². The Labute approximate surface area is 133 Å². The van der Waals surface area contributed by atoms with E-state index in [-0.39, 0.29) is 18.3 Å². The van der Waals surface area contributed by atoms with Crippen molar-refractivity contribution in [3.8, 4) is 11.5 Å². The second-order valence-corrected chi connectivity index (χ2v) is 5.20. The number of halogens is 1. The molecule has 1 amide bonds. The van der Waals surface area contributed by atoms with Crippen LogP contribution in [-0.2, 0) is 4.79 Å². The molecule has 0 aliphatic carbocycles. The SMILES string of the molecule is COc1ccc2c(c1)OCC(C(=O)N(C)c1ccc(F)cc1)=C2. The molecular weight excluding hydrogens is 297 g/mol. The first kappa shape index (κ1) is 15.1. The smallest absolute Gasteiger partial charge is 0.257 e.